The fourth-order valence-corrected chi connectivity index (χ4v) is 5.13. The molecule has 0 aliphatic rings. The normalized spacial score (nSPS) is 11.8. The Morgan fingerprint density at radius 2 is 1.88 bits per heavy atom. The van der Waals surface area contributed by atoms with Gasteiger partial charge in [-0.3, -0.25) is 14.9 Å². The van der Waals surface area contributed by atoms with E-state index in [9.17, 15) is 17.6 Å². The fraction of sp³-hybridized carbons (Fsp3) is 0.172. The van der Waals surface area contributed by atoms with Gasteiger partial charge in [-0.1, -0.05) is 6.92 Å². The Kier molecular flexibility index (Phi) is 7.38. The smallest absolute Gasteiger partial charge is 0.224 e. The number of imidazole rings is 1. The number of hydrogen-bond donors (Lipinski definition) is 4. The number of pyridine rings is 3. The van der Waals surface area contributed by atoms with Crippen LogP contribution in [0.5, 0.6) is 0 Å². The van der Waals surface area contributed by atoms with E-state index >= 15 is 0 Å². The minimum Gasteiger partial charge on any atom is -0.325 e. The molecule has 6 rings (SSSR count). The zero-order valence-electron chi connectivity index (χ0n) is 23.1. The van der Waals surface area contributed by atoms with Crippen LogP contribution in [-0.4, -0.2) is 55.7 Å². The predicted molar refractivity (Wildman–Crippen MR) is 161 cm³/mol. The topological polar surface area (TPSA) is 171 Å². The molecule has 1 aromatic carbocycles. The molecule has 0 bridgehead atoms. The Bertz CT molecular complexity index is 2110. The molecule has 1 amide bonds. The lowest BCUT2D eigenvalue weighted by atomic mass is 10.0. The molecule has 5 aromatic heterocycles. The molecule has 0 spiro atoms. The van der Waals surface area contributed by atoms with Gasteiger partial charge in [0.1, 0.15) is 16.9 Å². The number of carbonyl (C=O) groups is 1. The van der Waals surface area contributed by atoms with Crippen LogP contribution in [0.3, 0.4) is 0 Å². The first-order valence-corrected chi connectivity index (χ1v) is 15.3. The van der Waals surface area contributed by atoms with Crippen molar-refractivity contribution in [3.63, 3.8) is 0 Å². The maximum atomic E-state index is 14.6. The number of fused-ring (bicyclic) bond motifs is 2. The highest BCUT2D eigenvalue weighted by molar-refractivity contribution is 7.88. The summed E-state index contributed by atoms with van der Waals surface area (Å²) >= 11 is 0. The van der Waals surface area contributed by atoms with E-state index in [-0.39, 0.29) is 12.5 Å². The largest absolute Gasteiger partial charge is 0.325 e. The second-order valence-corrected chi connectivity index (χ2v) is 11.8. The first-order valence-electron chi connectivity index (χ1n) is 13.4. The molecule has 43 heavy (non-hydrogen) atoms. The van der Waals surface area contributed by atoms with Crippen molar-refractivity contribution in [2.45, 2.75) is 26.3 Å². The molecule has 0 aliphatic heterocycles. The molecule has 0 unspecified atom stereocenters. The number of aromatic nitrogens is 7. The lowest BCUT2D eigenvalue weighted by Crippen LogP contribution is -2.21. The van der Waals surface area contributed by atoms with Gasteiger partial charge in [0.15, 0.2) is 17.2 Å². The Hall–Kier alpha value is -5.08. The van der Waals surface area contributed by atoms with Gasteiger partial charge in [-0.25, -0.2) is 32.5 Å². The summed E-state index contributed by atoms with van der Waals surface area (Å²) in [6, 6.07) is 11.5. The Morgan fingerprint density at radius 1 is 1.02 bits per heavy atom. The van der Waals surface area contributed by atoms with Gasteiger partial charge in [0.25, 0.3) is 0 Å². The summed E-state index contributed by atoms with van der Waals surface area (Å²) in [6.45, 7) is 1.88. The summed E-state index contributed by atoms with van der Waals surface area (Å²) in [4.78, 5) is 33.5. The third kappa shape index (κ3) is 6.10. The molecular formula is C29H26FN9O3S. The van der Waals surface area contributed by atoms with Crippen LogP contribution in [0, 0.1) is 5.82 Å². The van der Waals surface area contributed by atoms with Gasteiger partial charge in [0, 0.05) is 36.5 Å². The molecule has 0 aliphatic carbocycles. The van der Waals surface area contributed by atoms with E-state index in [0.717, 1.165) is 12.7 Å². The second-order valence-electron chi connectivity index (χ2n) is 10.0. The number of nitrogens with one attached hydrogen (secondary N) is 4. The minimum atomic E-state index is -3.45. The number of amides is 1. The molecule has 14 heteroatoms. The van der Waals surface area contributed by atoms with Crippen LogP contribution < -0.4 is 10.0 Å². The first-order chi connectivity index (χ1) is 20.7. The molecule has 0 atom stereocenters. The van der Waals surface area contributed by atoms with Crippen LogP contribution in [0.2, 0.25) is 0 Å². The third-order valence-electron chi connectivity index (χ3n) is 6.62. The molecule has 5 heterocycles. The number of aromatic amines is 2. The Morgan fingerprint density at radius 3 is 2.70 bits per heavy atom. The second kappa shape index (κ2) is 11.3. The van der Waals surface area contributed by atoms with Crippen molar-refractivity contribution in [3.8, 4) is 33.9 Å². The number of nitrogens with zero attached hydrogens (tertiary/aromatic N) is 5. The first kappa shape index (κ1) is 28.1. The van der Waals surface area contributed by atoms with Crippen molar-refractivity contribution in [2.75, 3.05) is 11.6 Å². The number of halogens is 1. The van der Waals surface area contributed by atoms with Crippen molar-refractivity contribution in [2.24, 2.45) is 0 Å². The van der Waals surface area contributed by atoms with Gasteiger partial charge in [0.2, 0.25) is 15.9 Å². The van der Waals surface area contributed by atoms with Gasteiger partial charge in [-0.15, -0.1) is 0 Å². The van der Waals surface area contributed by atoms with Gasteiger partial charge < -0.3 is 10.3 Å². The summed E-state index contributed by atoms with van der Waals surface area (Å²) in [5.74, 6) is -0.193. The van der Waals surface area contributed by atoms with Crippen molar-refractivity contribution < 1.29 is 17.6 Å². The molecule has 0 saturated heterocycles. The van der Waals surface area contributed by atoms with E-state index in [1.807, 2.05) is 25.1 Å². The molecule has 12 nitrogen and oxygen atoms in total. The van der Waals surface area contributed by atoms with Crippen LogP contribution in [0.1, 0.15) is 25.3 Å². The average Bonchev–Trinajstić information content (AvgIpc) is 3.59. The van der Waals surface area contributed by atoms with Gasteiger partial charge in [-0.2, -0.15) is 5.10 Å². The number of carbonyl (C=O) groups excluding carboxylic acids is 1. The van der Waals surface area contributed by atoms with E-state index in [4.69, 9.17) is 9.97 Å². The Labute approximate surface area is 245 Å². The van der Waals surface area contributed by atoms with Crippen molar-refractivity contribution in [1.82, 2.24) is 39.8 Å². The summed E-state index contributed by atoms with van der Waals surface area (Å²) in [6.07, 6.45) is 7.04. The minimum absolute atomic E-state index is 0.0551. The quantitative estimate of drug-likeness (QED) is 0.187. The Balaban J connectivity index is 1.37. The number of rotatable bonds is 9. The monoisotopic (exact) mass is 599 g/mol. The fourth-order valence-electron chi connectivity index (χ4n) is 4.70. The number of benzene rings is 1. The van der Waals surface area contributed by atoms with E-state index < -0.39 is 15.8 Å². The zero-order valence-corrected chi connectivity index (χ0v) is 24.0. The average molecular weight is 600 g/mol. The molecule has 4 N–H and O–H groups in total. The summed E-state index contributed by atoms with van der Waals surface area (Å²) in [5.41, 5.74) is 6.13. The molecule has 6 aromatic rings. The SMILES string of the molecule is CCCC(=O)Nc1cncc(-c2ccc3[nH]nc(-c4nc5c(-c6cc(F)cc(CNS(C)(=O)=O)c6)ccnc5[nH]4)c3n2)c1. The van der Waals surface area contributed by atoms with E-state index in [1.165, 1.54) is 12.1 Å². The number of hydrogen-bond acceptors (Lipinski definition) is 8. The molecular weight excluding hydrogens is 573 g/mol. The maximum absolute atomic E-state index is 14.6. The summed E-state index contributed by atoms with van der Waals surface area (Å²) < 4.78 is 40.0. The summed E-state index contributed by atoms with van der Waals surface area (Å²) in [5, 5.41) is 10.3. The highest BCUT2D eigenvalue weighted by Gasteiger charge is 2.18. The van der Waals surface area contributed by atoms with Gasteiger partial charge in [0.05, 0.1) is 29.4 Å². The predicted octanol–water partition coefficient (Wildman–Crippen LogP) is 4.55. The zero-order chi connectivity index (χ0) is 30.1. The third-order valence-corrected chi connectivity index (χ3v) is 7.29. The molecule has 0 saturated carbocycles. The van der Waals surface area contributed by atoms with Gasteiger partial charge in [-0.05, 0) is 60.0 Å². The van der Waals surface area contributed by atoms with E-state index in [0.29, 0.717) is 73.8 Å². The van der Waals surface area contributed by atoms with Crippen molar-refractivity contribution in [3.05, 3.63) is 72.4 Å². The maximum Gasteiger partial charge on any atom is 0.224 e. The van der Waals surface area contributed by atoms with Crippen LogP contribution >= 0.6 is 0 Å². The number of sulfonamides is 1. The molecule has 0 fully saturated rings. The van der Waals surface area contributed by atoms with Crippen molar-refractivity contribution in [1.29, 1.82) is 0 Å². The summed E-state index contributed by atoms with van der Waals surface area (Å²) in [7, 11) is -3.45. The molecule has 218 valence electrons. The van der Waals surface area contributed by atoms with Crippen LogP contribution in [0.15, 0.2) is 61.1 Å². The standard InChI is InChI=1S/C29H26FN9O3S/c1-3-4-24(40)34-20-12-18(14-31-15-20)22-5-6-23-26(35-22)27(39-38-23)29-36-25-21(7-8-32-28(25)37-29)17-9-16(10-19(30)11-17)13-33-43(2,41)42/h5-12,14-15,33H,3-4,13H2,1-2H3,(H,34,40)(H,38,39)(H,32,36,37). The van der Waals surface area contributed by atoms with Gasteiger partial charge >= 0.3 is 0 Å². The van der Waals surface area contributed by atoms with E-state index in [2.05, 4.69) is 35.2 Å². The van der Waals surface area contributed by atoms with Crippen LogP contribution in [0.4, 0.5) is 10.1 Å². The number of H-pyrrole nitrogens is 2. The lowest BCUT2D eigenvalue weighted by Gasteiger charge is -2.08. The lowest BCUT2D eigenvalue weighted by molar-refractivity contribution is -0.116. The van der Waals surface area contributed by atoms with E-state index in [1.54, 1.807) is 30.7 Å². The van der Waals surface area contributed by atoms with Crippen molar-refractivity contribution >= 4 is 43.8 Å². The highest BCUT2D eigenvalue weighted by Crippen LogP contribution is 2.32. The number of anilines is 1. The molecule has 0 radical (unpaired) electrons. The van der Waals surface area contributed by atoms with Crippen LogP contribution in [0.25, 0.3) is 56.1 Å². The van der Waals surface area contributed by atoms with Crippen LogP contribution in [-0.2, 0) is 21.4 Å². The highest BCUT2D eigenvalue weighted by atomic mass is 32.2.